The molecule has 0 radical (unpaired) electrons. The minimum atomic E-state index is -1.20. The van der Waals surface area contributed by atoms with Crippen LogP contribution in [0.15, 0.2) is 34.3 Å². The summed E-state index contributed by atoms with van der Waals surface area (Å²) in [6, 6.07) is 5.30. The zero-order valence-electron chi connectivity index (χ0n) is 11.7. The summed E-state index contributed by atoms with van der Waals surface area (Å²) in [5.41, 5.74) is -0.417. The molecule has 0 saturated heterocycles. The molecule has 2 aromatic rings. The predicted molar refractivity (Wildman–Crippen MR) is 84.9 cm³/mol. The number of carbonyl (C=O) groups is 1. The Morgan fingerprint density at radius 2 is 2.24 bits per heavy atom. The minimum Gasteiger partial charge on any atom is -0.383 e. The van der Waals surface area contributed by atoms with Crippen LogP contribution in [0, 0.1) is 0 Å². The van der Waals surface area contributed by atoms with Gasteiger partial charge in [-0.2, -0.15) is 11.3 Å². The van der Waals surface area contributed by atoms with Crippen LogP contribution in [0.25, 0.3) is 0 Å². The molecule has 3 N–H and O–H groups in total. The van der Waals surface area contributed by atoms with Gasteiger partial charge in [-0.25, -0.2) is 4.79 Å². The van der Waals surface area contributed by atoms with E-state index in [0.29, 0.717) is 13.2 Å². The van der Waals surface area contributed by atoms with E-state index < -0.39 is 5.60 Å². The van der Waals surface area contributed by atoms with Gasteiger partial charge < -0.3 is 20.5 Å². The lowest BCUT2D eigenvalue weighted by molar-refractivity contribution is 0.0862. The Balaban J connectivity index is 2.03. The summed E-state index contributed by atoms with van der Waals surface area (Å²) in [6.07, 6.45) is 0. The van der Waals surface area contributed by atoms with Crippen LogP contribution < -0.4 is 10.6 Å². The molecule has 5 nitrogen and oxygen atoms in total. The quantitative estimate of drug-likeness (QED) is 0.682. The average molecular weight is 326 g/mol. The Bertz CT molecular complexity index is 506. The lowest BCUT2D eigenvalue weighted by atomic mass is 9.94. The maximum Gasteiger partial charge on any atom is 0.314 e. The van der Waals surface area contributed by atoms with E-state index in [1.165, 1.54) is 22.7 Å². The molecule has 2 heterocycles. The summed E-state index contributed by atoms with van der Waals surface area (Å²) in [7, 11) is 1.58. The highest BCUT2D eigenvalue weighted by Crippen LogP contribution is 2.33. The molecule has 0 aliphatic rings. The van der Waals surface area contributed by atoms with Crippen LogP contribution in [0.2, 0.25) is 0 Å². The number of ether oxygens (including phenoxy) is 1. The second kappa shape index (κ2) is 7.56. The van der Waals surface area contributed by atoms with Crippen LogP contribution in [0.4, 0.5) is 4.79 Å². The van der Waals surface area contributed by atoms with Crippen molar-refractivity contribution in [2.45, 2.75) is 5.60 Å². The Hall–Kier alpha value is -1.41. The molecule has 0 aliphatic heterocycles. The van der Waals surface area contributed by atoms with Crippen LogP contribution in [0.5, 0.6) is 0 Å². The Kier molecular flexibility index (Phi) is 5.75. The van der Waals surface area contributed by atoms with Crippen LogP contribution in [-0.4, -0.2) is 37.9 Å². The normalized spacial score (nSPS) is 13.6. The van der Waals surface area contributed by atoms with Gasteiger partial charge in [-0.15, -0.1) is 11.3 Å². The van der Waals surface area contributed by atoms with Gasteiger partial charge >= 0.3 is 6.03 Å². The van der Waals surface area contributed by atoms with Crippen molar-refractivity contribution in [2.24, 2.45) is 0 Å². The third-order valence-corrected chi connectivity index (χ3v) is 4.73. The number of aliphatic hydroxyl groups is 1. The van der Waals surface area contributed by atoms with Gasteiger partial charge in [0.1, 0.15) is 5.60 Å². The Labute approximate surface area is 131 Å². The topological polar surface area (TPSA) is 70.6 Å². The number of nitrogens with one attached hydrogen (secondary N) is 2. The van der Waals surface area contributed by atoms with E-state index in [2.05, 4.69) is 10.6 Å². The van der Waals surface area contributed by atoms with Crippen molar-refractivity contribution in [1.82, 2.24) is 10.6 Å². The van der Waals surface area contributed by atoms with Crippen molar-refractivity contribution in [1.29, 1.82) is 0 Å². The first-order valence-corrected chi connectivity index (χ1v) is 8.29. The first kappa shape index (κ1) is 16.0. The summed E-state index contributed by atoms with van der Waals surface area (Å²) >= 11 is 2.98. The summed E-state index contributed by atoms with van der Waals surface area (Å²) < 4.78 is 4.87. The number of hydrogen-bond donors (Lipinski definition) is 3. The molecule has 0 saturated carbocycles. The number of methoxy groups -OCH3 is 1. The second-order valence-corrected chi connectivity index (χ2v) is 6.18. The van der Waals surface area contributed by atoms with E-state index in [1.54, 1.807) is 7.11 Å². The van der Waals surface area contributed by atoms with E-state index in [-0.39, 0.29) is 12.6 Å². The third kappa shape index (κ3) is 4.04. The zero-order chi connectivity index (χ0) is 15.1. The fourth-order valence-corrected chi connectivity index (χ4v) is 3.45. The molecule has 2 amide bonds. The van der Waals surface area contributed by atoms with Gasteiger partial charge in [0.15, 0.2) is 0 Å². The minimum absolute atomic E-state index is 0.114. The highest BCUT2D eigenvalue weighted by Gasteiger charge is 2.33. The summed E-state index contributed by atoms with van der Waals surface area (Å²) in [4.78, 5) is 12.5. The van der Waals surface area contributed by atoms with E-state index in [4.69, 9.17) is 4.74 Å². The van der Waals surface area contributed by atoms with Gasteiger partial charge in [-0.05, 0) is 28.3 Å². The van der Waals surface area contributed by atoms with E-state index >= 15 is 0 Å². The van der Waals surface area contributed by atoms with Gasteiger partial charge in [0, 0.05) is 24.1 Å². The van der Waals surface area contributed by atoms with Crippen molar-refractivity contribution in [3.63, 3.8) is 0 Å². The highest BCUT2D eigenvalue weighted by atomic mass is 32.1. The van der Waals surface area contributed by atoms with E-state index in [0.717, 1.165) is 10.4 Å². The van der Waals surface area contributed by atoms with Crippen molar-refractivity contribution < 1.29 is 14.6 Å². The monoisotopic (exact) mass is 326 g/mol. The lowest BCUT2D eigenvalue weighted by Gasteiger charge is -2.27. The number of carbonyl (C=O) groups excluding carboxylic acids is 1. The van der Waals surface area contributed by atoms with Gasteiger partial charge in [-0.1, -0.05) is 6.07 Å². The maximum atomic E-state index is 11.7. The SMILES string of the molecule is COCCNC(=O)NCC(O)(c1ccsc1)c1cccs1. The molecule has 21 heavy (non-hydrogen) atoms. The van der Waals surface area contributed by atoms with Crippen LogP contribution in [0.3, 0.4) is 0 Å². The van der Waals surface area contributed by atoms with E-state index in [1.807, 2.05) is 34.3 Å². The molecule has 0 bridgehead atoms. The highest BCUT2D eigenvalue weighted by molar-refractivity contribution is 7.10. The van der Waals surface area contributed by atoms with Gasteiger partial charge in [0.2, 0.25) is 0 Å². The first-order valence-electron chi connectivity index (χ1n) is 6.46. The van der Waals surface area contributed by atoms with E-state index in [9.17, 15) is 9.90 Å². The van der Waals surface area contributed by atoms with Crippen molar-refractivity contribution in [3.05, 3.63) is 44.8 Å². The number of urea groups is 1. The van der Waals surface area contributed by atoms with Crippen LogP contribution in [0.1, 0.15) is 10.4 Å². The molecular weight excluding hydrogens is 308 g/mol. The lowest BCUT2D eigenvalue weighted by Crippen LogP contribution is -2.45. The van der Waals surface area contributed by atoms with Crippen molar-refractivity contribution in [3.8, 4) is 0 Å². The molecule has 0 fully saturated rings. The Morgan fingerprint density at radius 3 is 2.86 bits per heavy atom. The molecule has 0 spiro atoms. The smallest absolute Gasteiger partial charge is 0.314 e. The largest absolute Gasteiger partial charge is 0.383 e. The van der Waals surface area contributed by atoms with Crippen molar-refractivity contribution >= 4 is 28.7 Å². The summed E-state index contributed by atoms with van der Waals surface area (Å²) in [6.45, 7) is 0.994. The number of amides is 2. The van der Waals surface area contributed by atoms with Gasteiger partial charge in [-0.3, -0.25) is 0 Å². The average Bonchev–Trinajstić information content (AvgIpc) is 3.17. The summed E-state index contributed by atoms with van der Waals surface area (Å²) in [5.74, 6) is 0. The molecule has 0 aromatic carbocycles. The van der Waals surface area contributed by atoms with Crippen molar-refractivity contribution in [2.75, 3.05) is 26.8 Å². The number of thiophene rings is 2. The molecule has 0 aliphatic carbocycles. The van der Waals surface area contributed by atoms with Gasteiger partial charge in [0.05, 0.1) is 13.2 Å². The summed E-state index contributed by atoms with van der Waals surface area (Å²) in [5, 5.41) is 22.1. The molecule has 1 atom stereocenters. The molecule has 114 valence electrons. The molecular formula is C14H18N2O3S2. The van der Waals surface area contributed by atoms with Gasteiger partial charge in [0.25, 0.3) is 0 Å². The fraction of sp³-hybridized carbons (Fsp3) is 0.357. The standard InChI is InChI=1S/C14H18N2O3S2/c1-19-6-5-15-13(17)16-10-14(18,11-4-8-20-9-11)12-3-2-7-21-12/h2-4,7-9,18H,5-6,10H2,1H3,(H2,15,16,17). The third-order valence-electron chi connectivity index (χ3n) is 3.02. The van der Waals surface area contributed by atoms with Crippen LogP contribution in [-0.2, 0) is 10.3 Å². The first-order chi connectivity index (χ1) is 10.2. The molecule has 7 heteroatoms. The predicted octanol–water partition coefficient (Wildman–Crippen LogP) is 1.99. The zero-order valence-corrected chi connectivity index (χ0v) is 13.3. The molecule has 2 aromatic heterocycles. The molecule has 2 rings (SSSR count). The molecule has 1 unspecified atom stereocenters. The maximum absolute atomic E-state index is 11.7. The van der Waals surface area contributed by atoms with Crippen LogP contribution >= 0.6 is 22.7 Å². The Morgan fingerprint density at radius 1 is 1.38 bits per heavy atom. The number of hydrogen-bond acceptors (Lipinski definition) is 5. The fourth-order valence-electron chi connectivity index (χ4n) is 1.88. The number of rotatable bonds is 7. The second-order valence-electron chi connectivity index (χ2n) is 4.45.